The molecular weight excluding hydrogens is 647 g/mol. The molecule has 8 nitrogen and oxygen atoms in total. The molecule has 0 aromatic carbocycles. The van der Waals surface area contributed by atoms with Crippen LogP contribution in [0.1, 0.15) is 105 Å². The molecule has 0 aromatic rings. The fourth-order valence-corrected chi connectivity index (χ4v) is 13.9. The van der Waals surface area contributed by atoms with Gasteiger partial charge in [0.2, 0.25) is 0 Å². The van der Waals surface area contributed by atoms with Crippen molar-refractivity contribution in [2.45, 2.75) is 124 Å². The molecule has 11 heteroatoms. The Bertz CT molecular complexity index is 676. The summed E-state index contributed by atoms with van der Waals surface area (Å²) in [6.07, 6.45) is 8.95. The first kappa shape index (κ1) is 38.4. The molecule has 0 N–H and O–H groups in total. The van der Waals surface area contributed by atoms with Gasteiger partial charge in [-0.3, -0.25) is 0 Å². The van der Waals surface area contributed by atoms with E-state index < -0.39 is 53.6 Å². The Morgan fingerprint density at radius 2 is 1.03 bits per heavy atom. The minimum atomic E-state index is -4.76. The Hall–Kier alpha value is -0.621. The number of ether oxygens (including phenoxy) is 2. The standard InChI is InChI=1S/2C10H20O2S.2C4H7O2.Sn/c2*1-3-5-6-8(4-2)7-9(13)10(11)12;2*1-3-4(5)6-2;/h2*8-9,13H,3-7H2,1-2H3,(H,11,12);2*1,3H2,2H3;/q;;;;+2/p-2. The Kier molecular flexibility index (Phi) is 21.7. The van der Waals surface area contributed by atoms with Gasteiger partial charge in [-0.25, -0.2) is 0 Å². The predicted molar refractivity (Wildman–Crippen MR) is 162 cm³/mol. The van der Waals surface area contributed by atoms with Crippen LogP contribution in [0, 0.1) is 11.8 Å². The van der Waals surface area contributed by atoms with Gasteiger partial charge in [-0.05, 0) is 0 Å². The van der Waals surface area contributed by atoms with Crippen molar-refractivity contribution in [3.8, 4) is 0 Å². The molecule has 4 atom stereocenters. The van der Waals surface area contributed by atoms with Crippen LogP contribution in [0.15, 0.2) is 0 Å². The van der Waals surface area contributed by atoms with E-state index in [1.54, 1.807) is 0 Å². The molecule has 0 spiro atoms. The van der Waals surface area contributed by atoms with Crippen LogP contribution in [0.4, 0.5) is 0 Å². The number of unbranched alkanes of at least 4 members (excludes halogenated alkanes) is 2. The summed E-state index contributed by atoms with van der Waals surface area (Å²) < 4.78 is 21.8. The van der Waals surface area contributed by atoms with Gasteiger partial charge in [0.1, 0.15) is 0 Å². The number of thiol groups is 2. The van der Waals surface area contributed by atoms with Crippen molar-refractivity contribution in [1.29, 1.82) is 0 Å². The normalized spacial score (nSPS) is 14.6. The summed E-state index contributed by atoms with van der Waals surface area (Å²) in [7, 11) is 2.53. The molecule has 0 saturated heterocycles. The second-order valence-corrected chi connectivity index (χ2v) is 20.7. The summed E-state index contributed by atoms with van der Waals surface area (Å²) in [5.41, 5.74) is 0. The first-order valence-electron chi connectivity index (χ1n) is 14.5. The molecule has 0 radical (unpaired) electrons. The Labute approximate surface area is 252 Å². The first-order valence-corrected chi connectivity index (χ1v) is 21.9. The molecule has 228 valence electrons. The first-order chi connectivity index (χ1) is 18.5. The van der Waals surface area contributed by atoms with Gasteiger partial charge in [-0.1, -0.05) is 0 Å². The van der Waals surface area contributed by atoms with E-state index in [1.165, 1.54) is 14.2 Å². The van der Waals surface area contributed by atoms with Gasteiger partial charge in [0, 0.05) is 0 Å². The van der Waals surface area contributed by atoms with Gasteiger partial charge < -0.3 is 0 Å². The number of carbonyl (C=O) groups excluding carboxylic acids is 4. The van der Waals surface area contributed by atoms with E-state index in [0.717, 1.165) is 51.4 Å². The molecule has 0 aliphatic rings. The Balaban J connectivity index is 5.96. The predicted octanol–water partition coefficient (Wildman–Crippen LogP) is 6.45. The van der Waals surface area contributed by atoms with Crippen LogP contribution in [-0.4, -0.2) is 67.8 Å². The molecule has 0 aliphatic carbocycles. The van der Waals surface area contributed by atoms with Crippen molar-refractivity contribution in [2.24, 2.45) is 11.8 Å². The molecule has 39 heavy (non-hydrogen) atoms. The van der Waals surface area contributed by atoms with Crippen LogP contribution < -0.4 is 0 Å². The van der Waals surface area contributed by atoms with Crippen molar-refractivity contribution in [3.63, 3.8) is 0 Å². The van der Waals surface area contributed by atoms with Crippen LogP contribution in [-0.2, 0) is 34.8 Å². The zero-order chi connectivity index (χ0) is 29.8. The SMILES string of the molecule is CCCCC(CC)CC(S)C(=O)[O][Sn]([CH2]CC(=O)OC)([CH2]CC(=O)OC)[O]C(=O)C(S)CC(CC)CCCC. The van der Waals surface area contributed by atoms with Crippen molar-refractivity contribution < 1.29 is 34.8 Å². The van der Waals surface area contributed by atoms with Crippen LogP contribution >= 0.6 is 25.3 Å². The van der Waals surface area contributed by atoms with Gasteiger partial charge in [0.05, 0.1) is 0 Å². The summed E-state index contributed by atoms with van der Waals surface area (Å²) in [6.45, 7) is 8.42. The number of carbonyl (C=O) groups is 4. The monoisotopic (exact) mass is 700 g/mol. The Morgan fingerprint density at radius 1 is 0.667 bits per heavy atom. The third kappa shape index (κ3) is 16.4. The number of hydrogen-bond acceptors (Lipinski definition) is 10. The molecule has 0 bridgehead atoms. The summed E-state index contributed by atoms with van der Waals surface area (Å²) in [6, 6.07) is 0. The maximum absolute atomic E-state index is 13.3. The fraction of sp³-hybridized carbons (Fsp3) is 0.857. The van der Waals surface area contributed by atoms with E-state index in [4.69, 9.17) is 15.6 Å². The van der Waals surface area contributed by atoms with Gasteiger partial charge >= 0.3 is 253 Å². The zero-order valence-corrected chi connectivity index (χ0v) is 29.5. The van der Waals surface area contributed by atoms with Crippen LogP contribution in [0.2, 0.25) is 8.87 Å². The zero-order valence-electron chi connectivity index (χ0n) is 24.9. The number of rotatable bonds is 22. The van der Waals surface area contributed by atoms with E-state index in [9.17, 15) is 19.2 Å². The molecule has 0 aliphatic heterocycles. The number of esters is 2. The molecule has 0 heterocycles. The van der Waals surface area contributed by atoms with Crippen LogP contribution in [0.25, 0.3) is 0 Å². The second-order valence-electron chi connectivity index (χ2n) is 10.2. The average Bonchev–Trinajstić information content (AvgIpc) is 2.94. The third-order valence-electron chi connectivity index (χ3n) is 7.19. The molecule has 0 saturated carbocycles. The van der Waals surface area contributed by atoms with Crippen molar-refractivity contribution in [1.82, 2.24) is 0 Å². The summed E-state index contributed by atoms with van der Waals surface area (Å²) in [5, 5.41) is -1.41. The van der Waals surface area contributed by atoms with E-state index in [0.29, 0.717) is 24.7 Å². The van der Waals surface area contributed by atoms with E-state index in [1.807, 2.05) is 0 Å². The van der Waals surface area contributed by atoms with Gasteiger partial charge in [0.25, 0.3) is 0 Å². The van der Waals surface area contributed by atoms with E-state index >= 15 is 0 Å². The van der Waals surface area contributed by atoms with Crippen molar-refractivity contribution in [2.75, 3.05) is 14.2 Å². The fourth-order valence-electron chi connectivity index (χ4n) is 4.43. The molecule has 4 unspecified atom stereocenters. The third-order valence-corrected chi connectivity index (χ3v) is 17.1. The van der Waals surface area contributed by atoms with Gasteiger partial charge in [-0.15, -0.1) is 0 Å². The number of hydrogen-bond donors (Lipinski definition) is 2. The maximum atomic E-state index is 13.3. The molecule has 0 amide bonds. The van der Waals surface area contributed by atoms with E-state index in [2.05, 4.69) is 53.0 Å². The van der Waals surface area contributed by atoms with E-state index in [-0.39, 0.29) is 21.7 Å². The minimum absolute atomic E-state index is 0.0386. The molecule has 0 rings (SSSR count). The van der Waals surface area contributed by atoms with Crippen molar-refractivity contribution in [3.05, 3.63) is 0 Å². The van der Waals surface area contributed by atoms with Crippen LogP contribution in [0.3, 0.4) is 0 Å². The summed E-state index contributed by atoms with van der Waals surface area (Å²) in [4.78, 5) is 50.8. The van der Waals surface area contributed by atoms with Crippen molar-refractivity contribution >= 4 is 68.3 Å². The Morgan fingerprint density at radius 3 is 1.31 bits per heavy atom. The summed E-state index contributed by atoms with van der Waals surface area (Å²) in [5.74, 6) is -1.54. The van der Waals surface area contributed by atoms with Gasteiger partial charge in [-0.2, -0.15) is 0 Å². The number of methoxy groups -OCH3 is 2. The molecular formula is C28H52O8S2Sn. The summed E-state index contributed by atoms with van der Waals surface area (Å²) >= 11 is 4.34. The topological polar surface area (TPSA) is 105 Å². The second kappa shape index (κ2) is 22.0. The van der Waals surface area contributed by atoms with Crippen LogP contribution in [0.5, 0.6) is 0 Å². The quantitative estimate of drug-likeness (QED) is 0.0755. The average molecular weight is 700 g/mol. The molecule has 0 fully saturated rings. The molecule has 0 aromatic heterocycles. The van der Waals surface area contributed by atoms with Gasteiger partial charge in [0.15, 0.2) is 0 Å².